The minimum absolute atomic E-state index is 0.161. The first-order valence-corrected chi connectivity index (χ1v) is 8.87. The van der Waals surface area contributed by atoms with Crippen LogP contribution in [0.15, 0.2) is 54.7 Å². The monoisotopic (exact) mass is 392 g/mol. The molecule has 3 rings (SSSR count). The fourth-order valence-corrected chi connectivity index (χ4v) is 2.70. The Morgan fingerprint density at radius 3 is 2.41 bits per heavy atom. The van der Waals surface area contributed by atoms with Crippen molar-refractivity contribution in [2.75, 3.05) is 5.32 Å². The number of aromatic nitrogens is 1. The molecule has 0 saturated heterocycles. The molecule has 0 aliphatic carbocycles. The highest BCUT2D eigenvalue weighted by molar-refractivity contribution is 6.05. The van der Waals surface area contributed by atoms with Gasteiger partial charge in [-0.15, -0.1) is 0 Å². The third-order valence-electron chi connectivity index (χ3n) is 3.90. The molecule has 0 aliphatic heterocycles. The molecule has 1 heterocycles. The van der Waals surface area contributed by atoms with Crippen molar-refractivity contribution in [1.29, 1.82) is 5.41 Å². The summed E-state index contributed by atoms with van der Waals surface area (Å²) in [4.78, 5) is 29.0. The number of fused-ring (bicyclic) bond motifs is 1. The Bertz CT molecular complexity index is 1080. The Balaban J connectivity index is 1.87. The number of nitrogens with two attached hydrogens (primary N) is 1. The van der Waals surface area contributed by atoms with Crippen molar-refractivity contribution in [1.82, 2.24) is 4.98 Å². The minimum atomic E-state index is -0.560. The number of esters is 2. The van der Waals surface area contributed by atoms with Crippen molar-refractivity contribution in [3.05, 3.63) is 66.0 Å². The van der Waals surface area contributed by atoms with Gasteiger partial charge in [0.15, 0.2) is 11.7 Å². The van der Waals surface area contributed by atoms with Crippen molar-refractivity contribution in [2.24, 2.45) is 5.73 Å². The second-order valence-corrected chi connectivity index (χ2v) is 6.47. The Morgan fingerprint density at radius 2 is 1.76 bits per heavy atom. The van der Waals surface area contributed by atoms with Crippen LogP contribution < -0.4 is 15.8 Å². The second-order valence-electron chi connectivity index (χ2n) is 6.47. The van der Waals surface area contributed by atoms with Gasteiger partial charge in [-0.25, -0.2) is 14.6 Å². The fraction of sp³-hybridized carbons (Fsp3) is 0.143. The number of pyridine rings is 1. The highest BCUT2D eigenvalue weighted by Crippen LogP contribution is 2.28. The quantitative estimate of drug-likeness (QED) is 0.263. The van der Waals surface area contributed by atoms with Crippen LogP contribution in [0, 0.1) is 5.41 Å². The van der Waals surface area contributed by atoms with Gasteiger partial charge in [-0.1, -0.05) is 12.1 Å². The van der Waals surface area contributed by atoms with Crippen LogP contribution in [-0.2, 0) is 4.74 Å². The maximum absolute atomic E-state index is 12.5. The molecular formula is C21H20N4O4. The van der Waals surface area contributed by atoms with Gasteiger partial charge in [0.2, 0.25) is 0 Å². The summed E-state index contributed by atoms with van der Waals surface area (Å²) >= 11 is 0. The zero-order chi connectivity index (χ0) is 21.0. The van der Waals surface area contributed by atoms with E-state index in [0.717, 1.165) is 0 Å². The Morgan fingerprint density at radius 1 is 1.03 bits per heavy atom. The summed E-state index contributed by atoms with van der Waals surface area (Å²) in [5, 5.41) is 11.0. The molecule has 1 aromatic heterocycles. The zero-order valence-electron chi connectivity index (χ0n) is 15.9. The Labute approximate surface area is 167 Å². The first-order valence-electron chi connectivity index (χ1n) is 8.87. The molecule has 0 aliphatic rings. The van der Waals surface area contributed by atoms with Crippen molar-refractivity contribution in [2.45, 2.75) is 20.0 Å². The lowest BCUT2D eigenvalue weighted by atomic mass is 10.1. The largest absolute Gasteiger partial charge is 0.458 e. The molecule has 0 bridgehead atoms. The third-order valence-corrected chi connectivity index (χ3v) is 3.90. The van der Waals surface area contributed by atoms with E-state index in [1.54, 1.807) is 62.4 Å². The lowest BCUT2D eigenvalue weighted by molar-refractivity contribution is 0.0373. The summed E-state index contributed by atoms with van der Waals surface area (Å²) in [5.74, 6) is -0.992. The molecule has 0 unspecified atom stereocenters. The van der Waals surface area contributed by atoms with E-state index in [4.69, 9.17) is 20.6 Å². The van der Waals surface area contributed by atoms with Crippen molar-refractivity contribution < 1.29 is 19.1 Å². The van der Waals surface area contributed by atoms with Gasteiger partial charge in [0.1, 0.15) is 5.75 Å². The molecule has 0 radical (unpaired) electrons. The van der Waals surface area contributed by atoms with Gasteiger partial charge < -0.3 is 20.5 Å². The maximum Gasteiger partial charge on any atom is 0.357 e. The summed E-state index contributed by atoms with van der Waals surface area (Å²) in [5.41, 5.74) is 6.35. The molecule has 8 nitrogen and oxygen atoms in total. The lowest BCUT2D eigenvalue weighted by Crippen LogP contribution is -2.20. The first-order chi connectivity index (χ1) is 13.8. The number of ether oxygens (including phenoxy) is 2. The summed E-state index contributed by atoms with van der Waals surface area (Å²) in [6.07, 6.45) is 1.19. The van der Waals surface area contributed by atoms with E-state index in [0.29, 0.717) is 27.8 Å². The molecule has 29 heavy (non-hydrogen) atoms. The number of hydrogen-bond donors (Lipinski definition) is 3. The fourth-order valence-electron chi connectivity index (χ4n) is 2.70. The van der Waals surface area contributed by atoms with Crippen LogP contribution in [-0.4, -0.2) is 29.0 Å². The first kappa shape index (κ1) is 19.8. The molecule has 4 N–H and O–H groups in total. The predicted octanol–water partition coefficient (Wildman–Crippen LogP) is 3.32. The molecule has 3 aromatic rings. The molecular weight excluding hydrogens is 372 g/mol. The number of anilines is 1. The number of hydrogen-bond acceptors (Lipinski definition) is 6. The number of carbonyl (C=O) groups is 2. The summed E-state index contributed by atoms with van der Waals surface area (Å²) in [6.45, 7) is 3.51. The molecule has 0 atom stereocenters. The van der Waals surface area contributed by atoms with E-state index >= 15 is 0 Å². The van der Waals surface area contributed by atoms with Gasteiger partial charge in [0, 0.05) is 22.7 Å². The van der Waals surface area contributed by atoms with Crippen LogP contribution >= 0.6 is 0 Å². The number of carbonyl (C=O) groups excluding carboxylic acids is 2. The molecule has 0 spiro atoms. The van der Waals surface area contributed by atoms with Gasteiger partial charge >= 0.3 is 11.9 Å². The summed E-state index contributed by atoms with van der Waals surface area (Å²) in [7, 11) is 0. The lowest BCUT2D eigenvalue weighted by Gasteiger charge is -2.11. The molecule has 0 amide bonds. The highest BCUT2D eigenvalue weighted by atomic mass is 16.5. The van der Waals surface area contributed by atoms with Crippen LogP contribution in [0.4, 0.5) is 5.69 Å². The van der Waals surface area contributed by atoms with Gasteiger partial charge in [-0.2, -0.15) is 0 Å². The van der Waals surface area contributed by atoms with Crippen LogP contribution in [0.25, 0.3) is 10.8 Å². The minimum Gasteiger partial charge on any atom is -0.458 e. The maximum atomic E-state index is 12.5. The number of rotatable bonds is 5. The normalized spacial score (nSPS) is 10.6. The third kappa shape index (κ3) is 4.67. The van der Waals surface area contributed by atoms with Crippen LogP contribution in [0.2, 0.25) is 0 Å². The standard InChI is InChI=1S/C21H20N4O4/c1-12(2)28-20(27)18-16-4-3-5-17(15(16)10-11-24-18)29-19(26)13-6-8-14(9-7-13)25-21(22)23/h3-12H,1-2H3,(H4,22,23,25). The van der Waals surface area contributed by atoms with E-state index in [-0.39, 0.29) is 17.8 Å². The number of benzene rings is 2. The van der Waals surface area contributed by atoms with E-state index in [9.17, 15) is 9.59 Å². The van der Waals surface area contributed by atoms with Crippen molar-refractivity contribution in [3.63, 3.8) is 0 Å². The molecule has 2 aromatic carbocycles. The average Bonchev–Trinajstić information content (AvgIpc) is 2.67. The van der Waals surface area contributed by atoms with Gasteiger partial charge in [0.25, 0.3) is 0 Å². The molecule has 148 valence electrons. The molecule has 8 heteroatoms. The summed E-state index contributed by atoms with van der Waals surface area (Å²) < 4.78 is 10.8. The van der Waals surface area contributed by atoms with Crippen molar-refractivity contribution in [3.8, 4) is 5.75 Å². The summed E-state index contributed by atoms with van der Waals surface area (Å²) in [6, 6.07) is 13.1. The average molecular weight is 392 g/mol. The SMILES string of the molecule is CC(C)OC(=O)c1nccc2c(OC(=O)c3ccc(NC(=N)N)cc3)cccc12. The van der Waals surface area contributed by atoms with Crippen LogP contribution in [0.5, 0.6) is 5.75 Å². The predicted molar refractivity (Wildman–Crippen MR) is 109 cm³/mol. The molecule has 0 saturated carbocycles. The Hall–Kier alpha value is -3.94. The van der Waals surface area contributed by atoms with E-state index in [1.807, 2.05) is 0 Å². The number of nitrogens with one attached hydrogen (secondary N) is 2. The Kier molecular flexibility index (Phi) is 5.73. The smallest absolute Gasteiger partial charge is 0.357 e. The van der Waals surface area contributed by atoms with E-state index in [1.165, 1.54) is 6.20 Å². The topological polar surface area (TPSA) is 127 Å². The van der Waals surface area contributed by atoms with Crippen LogP contribution in [0.3, 0.4) is 0 Å². The number of nitrogens with zero attached hydrogens (tertiary/aromatic N) is 1. The van der Waals surface area contributed by atoms with Gasteiger partial charge in [-0.05, 0) is 50.2 Å². The van der Waals surface area contributed by atoms with E-state index < -0.39 is 11.9 Å². The molecule has 0 fully saturated rings. The van der Waals surface area contributed by atoms with E-state index in [2.05, 4.69) is 10.3 Å². The highest BCUT2D eigenvalue weighted by Gasteiger charge is 2.17. The van der Waals surface area contributed by atoms with Gasteiger partial charge in [0.05, 0.1) is 11.7 Å². The van der Waals surface area contributed by atoms with Crippen LogP contribution in [0.1, 0.15) is 34.7 Å². The van der Waals surface area contributed by atoms with Gasteiger partial charge in [-0.3, -0.25) is 5.41 Å². The number of guanidine groups is 1. The second kappa shape index (κ2) is 8.39. The van der Waals surface area contributed by atoms with Crippen molar-refractivity contribution >= 4 is 34.4 Å². The zero-order valence-corrected chi connectivity index (χ0v) is 15.9.